The van der Waals surface area contributed by atoms with Crippen molar-refractivity contribution in [2.45, 2.75) is 37.9 Å². The van der Waals surface area contributed by atoms with E-state index >= 15 is 0 Å². The molecule has 10 heteroatoms. The Hall–Kier alpha value is -0.853. The maximum atomic E-state index is 11.1. The Bertz CT molecular complexity index is 429. The standard InChI is InChI=1S/C10H20O5Si.C6H10O4/c1-9(2)10(11)15-7-6-8-16(12-3,13-4)14-5;7-1-5-6(10-5)9-3-4-2-8-4/h1,6-8H2,2-5H3;4-7H,1-3H2. The van der Waals surface area contributed by atoms with E-state index in [1.54, 1.807) is 28.3 Å². The topological polar surface area (TPSA) is 109 Å². The first kappa shape index (κ1) is 23.2. The summed E-state index contributed by atoms with van der Waals surface area (Å²) in [4.78, 5) is 11.1. The molecule has 2 fully saturated rings. The molecule has 2 aliphatic heterocycles. The van der Waals surface area contributed by atoms with E-state index in [1.165, 1.54) is 0 Å². The van der Waals surface area contributed by atoms with Gasteiger partial charge in [0.2, 0.25) is 0 Å². The van der Waals surface area contributed by atoms with E-state index < -0.39 is 8.80 Å². The summed E-state index contributed by atoms with van der Waals surface area (Å²) in [7, 11) is 2.13. The molecule has 0 radical (unpaired) electrons. The molecule has 0 aromatic rings. The minimum absolute atomic E-state index is 0.0518. The van der Waals surface area contributed by atoms with Crippen molar-refractivity contribution in [3.63, 3.8) is 0 Å². The number of ether oxygens (including phenoxy) is 4. The number of carbonyl (C=O) groups excluding carboxylic acids is 1. The molecule has 0 spiro atoms. The maximum absolute atomic E-state index is 11.1. The van der Waals surface area contributed by atoms with Gasteiger partial charge in [0.15, 0.2) is 6.29 Å². The fourth-order valence-electron chi connectivity index (χ4n) is 1.90. The Balaban J connectivity index is 0.000000284. The summed E-state index contributed by atoms with van der Waals surface area (Å²) in [6, 6.07) is 0.611. The highest BCUT2D eigenvalue weighted by Gasteiger charge is 2.40. The molecule has 0 saturated carbocycles. The van der Waals surface area contributed by atoms with E-state index in [1.807, 2.05) is 0 Å². The molecule has 152 valence electrons. The van der Waals surface area contributed by atoms with Crippen LogP contribution in [-0.4, -0.2) is 86.1 Å². The van der Waals surface area contributed by atoms with Crippen LogP contribution in [0.2, 0.25) is 6.04 Å². The molecule has 0 aromatic heterocycles. The van der Waals surface area contributed by atoms with Crippen molar-refractivity contribution < 1.29 is 42.1 Å². The van der Waals surface area contributed by atoms with Gasteiger partial charge in [-0.15, -0.1) is 0 Å². The Kier molecular flexibility index (Phi) is 10.5. The van der Waals surface area contributed by atoms with Crippen LogP contribution in [0.3, 0.4) is 0 Å². The van der Waals surface area contributed by atoms with Gasteiger partial charge in [0.05, 0.1) is 26.4 Å². The zero-order chi connectivity index (χ0) is 19.6. The Morgan fingerprint density at radius 2 is 1.88 bits per heavy atom. The van der Waals surface area contributed by atoms with Crippen molar-refractivity contribution in [2.75, 3.05) is 47.8 Å². The zero-order valence-electron chi connectivity index (χ0n) is 15.9. The number of hydrogen-bond donors (Lipinski definition) is 1. The third-order valence-corrected chi connectivity index (χ3v) is 6.54. The van der Waals surface area contributed by atoms with Crippen LogP contribution in [-0.2, 0) is 37.0 Å². The molecule has 2 rings (SSSR count). The van der Waals surface area contributed by atoms with Crippen molar-refractivity contribution >= 4 is 14.8 Å². The lowest BCUT2D eigenvalue weighted by Gasteiger charge is -2.24. The van der Waals surface area contributed by atoms with Crippen LogP contribution in [0.15, 0.2) is 12.2 Å². The van der Waals surface area contributed by atoms with Gasteiger partial charge in [0.1, 0.15) is 12.2 Å². The summed E-state index contributed by atoms with van der Waals surface area (Å²) in [5.41, 5.74) is 0.397. The number of hydrogen-bond acceptors (Lipinski definition) is 9. The highest BCUT2D eigenvalue weighted by molar-refractivity contribution is 6.60. The Labute approximate surface area is 155 Å². The molecule has 3 unspecified atom stereocenters. The first-order valence-electron chi connectivity index (χ1n) is 8.39. The van der Waals surface area contributed by atoms with Gasteiger partial charge >= 0.3 is 14.8 Å². The van der Waals surface area contributed by atoms with Gasteiger partial charge in [-0.3, -0.25) is 0 Å². The summed E-state index contributed by atoms with van der Waals surface area (Å²) < 4.78 is 35.6. The van der Waals surface area contributed by atoms with Crippen LogP contribution in [0.25, 0.3) is 0 Å². The van der Waals surface area contributed by atoms with Crippen LogP contribution >= 0.6 is 0 Å². The highest BCUT2D eigenvalue weighted by Crippen LogP contribution is 2.23. The number of aliphatic hydroxyl groups is 1. The minimum Gasteiger partial charge on any atom is -0.462 e. The van der Waals surface area contributed by atoms with Crippen LogP contribution in [0, 0.1) is 0 Å². The molecule has 2 saturated heterocycles. The lowest BCUT2D eigenvalue weighted by atomic mass is 10.4. The average molecular weight is 394 g/mol. The first-order valence-corrected chi connectivity index (χ1v) is 10.3. The molecule has 9 nitrogen and oxygen atoms in total. The van der Waals surface area contributed by atoms with Gasteiger partial charge < -0.3 is 37.3 Å². The minimum atomic E-state index is -2.53. The second kappa shape index (κ2) is 11.8. The predicted molar refractivity (Wildman–Crippen MR) is 93.4 cm³/mol. The van der Waals surface area contributed by atoms with E-state index in [2.05, 4.69) is 6.58 Å². The molecule has 0 aliphatic carbocycles. The van der Waals surface area contributed by atoms with Crippen LogP contribution < -0.4 is 0 Å². The second-order valence-corrected chi connectivity index (χ2v) is 8.92. The predicted octanol–water partition coefficient (Wildman–Crippen LogP) is 0.493. The summed E-state index contributed by atoms with van der Waals surface area (Å²) in [6.07, 6.45) is 0.664. The average Bonchev–Trinajstić information content (AvgIpc) is 3.56. The molecule has 2 aliphatic rings. The SMILES string of the molecule is C=C(C)C(=O)OCCC[Si](OC)(OC)OC.OCC1OC1OCC1CO1. The molecule has 1 N–H and O–H groups in total. The monoisotopic (exact) mass is 394 g/mol. The van der Waals surface area contributed by atoms with E-state index in [9.17, 15) is 4.79 Å². The molecular weight excluding hydrogens is 364 g/mol. The number of rotatable bonds is 12. The lowest BCUT2D eigenvalue weighted by molar-refractivity contribution is -0.139. The lowest BCUT2D eigenvalue weighted by Crippen LogP contribution is -2.42. The fraction of sp³-hybridized carbons (Fsp3) is 0.812. The zero-order valence-corrected chi connectivity index (χ0v) is 16.9. The normalized spacial score (nSPS) is 23.7. The van der Waals surface area contributed by atoms with Crippen LogP contribution in [0.5, 0.6) is 0 Å². The molecular formula is C16H30O9Si. The quantitative estimate of drug-likeness (QED) is 0.166. The first-order chi connectivity index (χ1) is 12.4. The van der Waals surface area contributed by atoms with Crippen molar-refractivity contribution in [1.82, 2.24) is 0 Å². The van der Waals surface area contributed by atoms with E-state index in [0.717, 1.165) is 6.61 Å². The summed E-state index contributed by atoms with van der Waals surface area (Å²) in [5.74, 6) is -0.375. The van der Waals surface area contributed by atoms with Gasteiger partial charge in [0, 0.05) is 32.9 Å². The molecule has 0 bridgehead atoms. The molecule has 3 atom stereocenters. The van der Waals surface area contributed by atoms with Crippen molar-refractivity contribution in [2.24, 2.45) is 0 Å². The largest absolute Gasteiger partial charge is 0.500 e. The molecule has 0 aromatic carbocycles. The van der Waals surface area contributed by atoms with Gasteiger partial charge in [-0.05, 0) is 13.3 Å². The number of esters is 1. The van der Waals surface area contributed by atoms with E-state index in [0.29, 0.717) is 31.3 Å². The summed E-state index contributed by atoms with van der Waals surface area (Å²) >= 11 is 0. The second-order valence-electron chi connectivity index (χ2n) is 5.83. The molecule has 2 heterocycles. The van der Waals surface area contributed by atoms with Gasteiger partial charge in [0.25, 0.3) is 0 Å². The summed E-state index contributed by atoms with van der Waals surface area (Å²) in [5, 5.41) is 8.52. The van der Waals surface area contributed by atoms with Crippen molar-refractivity contribution in [3.8, 4) is 0 Å². The number of aliphatic hydroxyl groups excluding tert-OH is 1. The summed E-state index contributed by atoms with van der Waals surface area (Å²) in [6.45, 7) is 6.87. The highest BCUT2D eigenvalue weighted by atomic mass is 28.4. The van der Waals surface area contributed by atoms with Gasteiger partial charge in [-0.25, -0.2) is 4.79 Å². The van der Waals surface area contributed by atoms with Gasteiger partial charge in [-0.1, -0.05) is 6.58 Å². The van der Waals surface area contributed by atoms with Crippen LogP contribution in [0.1, 0.15) is 13.3 Å². The smallest absolute Gasteiger partial charge is 0.462 e. The Morgan fingerprint density at radius 1 is 1.27 bits per heavy atom. The van der Waals surface area contributed by atoms with Gasteiger partial charge in [-0.2, -0.15) is 0 Å². The third kappa shape index (κ3) is 8.69. The fourth-order valence-corrected chi connectivity index (χ4v) is 3.59. The Morgan fingerprint density at radius 3 is 2.31 bits per heavy atom. The van der Waals surface area contributed by atoms with Crippen molar-refractivity contribution in [3.05, 3.63) is 12.2 Å². The third-order valence-electron chi connectivity index (χ3n) is 3.71. The van der Waals surface area contributed by atoms with E-state index in [-0.39, 0.29) is 31.1 Å². The van der Waals surface area contributed by atoms with Crippen molar-refractivity contribution in [1.29, 1.82) is 0 Å². The molecule has 0 amide bonds. The molecule has 26 heavy (non-hydrogen) atoms. The number of epoxide rings is 2. The number of carbonyl (C=O) groups is 1. The maximum Gasteiger partial charge on any atom is 0.500 e. The van der Waals surface area contributed by atoms with E-state index in [4.69, 9.17) is 37.3 Å². The van der Waals surface area contributed by atoms with Crippen LogP contribution in [0.4, 0.5) is 0 Å².